The van der Waals surface area contributed by atoms with Crippen LogP contribution in [-0.2, 0) is 19.8 Å². The number of hydrogen-bond acceptors (Lipinski definition) is 4. The van der Waals surface area contributed by atoms with Crippen molar-refractivity contribution in [2.45, 2.75) is 25.8 Å². The zero-order valence-electron chi connectivity index (χ0n) is 12.2. The van der Waals surface area contributed by atoms with E-state index in [9.17, 15) is 4.79 Å². The number of halogens is 1. The highest BCUT2D eigenvalue weighted by Gasteiger charge is 2.39. The third kappa shape index (κ3) is 3.95. The molecule has 0 saturated carbocycles. The van der Waals surface area contributed by atoms with Crippen LogP contribution in [0.25, 0.3) is 0 Å². The summed E-state index contributed by atoms with van der Waals surface area (Å²) in [5.74, 6) is -0.277. The van der Waals surface area contributed by atoms with Crippen molar-refractivity contribution in [1.29, 1.82) is 0 Å². The molecule has 0 bridgehead atoms. The summed E-state index contributed by atoms with van der Waals surface area (Å²) in [5.41, 5.74) is -0.0157. The first-order chi connectivity index (χ1) is 9.60. The van der Waals surface area contributed by atoms with Gasteiger partial charge in [0.05, 0.1) is 13.2 Å². The van der Waals surface area contributed by atoms with Gasteiger partial charge in [0.15, 0.2) is 0 Å². The Bertz CT molecular complexity index is 422. The Morgan fingerprint density at radius 1 is 1.30 bits per heavy atom. The van der Waals surface area contributed by atoms with Gasteiger partial charge in [-0.15, -0.1) is 0 Å². The van der Waals surface area contributed by atoms with Crippen LogP contribution in [0.4, 0.5) is 0 Å². The number of nitrogens with one attached hydrogen (secondary N) is 1. The molecule has 5 heteroatoms. The first-order valence-corrected chi connectivity index (χ1v) is 7.15. The Kier molecular flexibility index (Phi) is 6.99. The van der Waals surface area contributed by atoms with Gasteiger partial charge in [-0.3, -0.25) is 5.32 Å². The highest BCUT2D eigenvalue weighted by Crippen LogP contribution is 2.28. The monoisotopic (exact) mass is 299 g/mol. The van der Waals surface area contributed by atoms with E-state index in [1.807, 2.05) is 19.1 Å². The van der Waals surface area contributed by atoms with E-state index in [4.69, 9.17) is 21.1 Å². The van der Waals surface area contributed by atoms with Gasteiger partial charge in [0, 0.05) is 18.7 Å². The van der Waals surface area contributed by atoms with Crippen LogP contribution in [0.3, 0.4) is 0 Å². The lowest BCUT2D eigenvalue weighted by Crippen LogP contribution is -2.50. The van der Waals surface area contributed by atoms with E-state index >= 15 is 0 Å². The van der Waals surface area contributed by atoms with Crippen molar-refractivity contribution in [3.63, 3.8) is 0 Å². The topological polar surface area (TPSA) is 47.6 Å². The summed E-state index contributed by atoms with van der Waals surface area (Å²) in [6.45, 7) is 5.18. The molecule has 0 fully saturated rings. The maximum atomic E-state index is 12.4. The molecular weight excluding hydrogens is 278 g/mol. The third-order valence-electron chi connectivity index (χ3n) is 3.22. The molecule has 4 nitrogen and oxygen atoms in total. The fraction of sp³-hybridized carbons (Fsp3) is 0.533. The molecular formula is C15H22ClNO3. The second kappa shape index (κ2) is 8.25. The molecule has 0 saturated heterocycles. The molecule has 0 heterocycles. The Morgan fingerprint density at radius 3 is 2.45 bits per heavy atom. The Labute approximate surface area is 125 Å². The predicted octanol–water partition coefficient (Wildman–Crippen LogP) is 2.74. The van der Waals surface area contributed by atoms with E-state index in [2.05, 4.69) is 5.32 Å². The molecule has 1 unspecified atom stereocenters. The maximum Gasteiger partial charge on any atom is 0.330 e. The summed E-state index contributed by atoms with van der Waals surface area (Å²) in [5, 5.41) is 3.90. The summed E-state index contributed by atoms with van der Waals surface area (Å²) in [4.78, 5) is 12.4. The molecule has 1 atom stereocenters. The highest BCUT2D eigenvalue weighted by atomic mass is 35.5. The molecule has 0 aliphatic carbocycles. The van der Waals surface area contributed by atoms with Gasteiger partial charge < -0.3 is 9.47 Å². The van der Waals surface area contributed by atoms with Crippen LogP contribution in [0.15, 0.2) is 24.3 Å². The summed E-state index contributed by atoms with van der Waals surface area (Å²) in [6.07, 6.45) is 0.581. The molecule has 112 valence electrons. The number of carbonyl (C=O) groups is 1. The number of carbonyl (C=O) groups excluding carboxylic acids is 1. The molecule has 20 heavy (non-hydrogen) atoms. The van der Waals surface area contributed by atoms with Crippen LogP contribution >= 0.6 is 11.6 Å². The Balaban J connectivity index is 3.08. The summed E-state index contributed by atoms with van der Waals surface area (Å²) >= 11 is 5.92. The fourth-order valence-electron chi connectivity index (χ4n) is 2.12. The molecule has 0 spiro atoms. The second-order valence-corrected chi connectivity index (χ2v) is 4.84. The van der Waals surface area contributed by atoms with Crippen molar-refractivity contribution in [3.8, 4) is 0 Å². The van der Waals surface area contributed by atoms with Gasteiger partial charge in [0.1, 0.15) is 5.54 Å². The normalized spacial score (nSPS) is 13.8. The van der Waals surface area contributed by atoms with Gasteiger partial charge in [-0.2, -0.15) is 0 Å². The lowest BCUT2D eigenvalue weighted by atomic mass is 9.87. The third-order valence-corrected chi connectivity index (χ3v) is 3.48. The average molecular weight is 300 g/mol. The molecule has 0 amide bonds. The number of rotatable bonds is 8. The molecule has 1 N–H and O–H groups in total. The average Bonchev–Trinajstić information content (AvgIpc) is 2.45. The first-order valence-electron chi connectivity index (χ1n) is 6.78. The Hall–Kier alpha value is -1.10. The zero-order valence-corrected chi connectivity index (χ0v) is 13.0. The van der Waals surface area contributed by atoms with Crippen LogP contribution in [-0.4, -0.2) is 32.8 Å². The summed E-state index contributed by atoms with van der Waals surface area (Å²) < 4.78 is 10.3. The highest BCUT2D eigenvalue weighted by molar-refractivity contribution is 6.30. The largest absolute Gasteiger partial charge is 0.464 e. The van der Waals surface area contributed by atoms with Gasteiger partial charge >= 0.3 is 5.97 Å². The SMILES string of the molecule is CCOC(=O)C(CC)(NCCOC)c1ccc(Cl)cc1. The van der Waals surface area contributed by atoms with Crippen molar-refractivity contribution in [2.75, 3.05) is 26.9 Å². The van der Waals surface area contributed by atoms with Crippen LogP contribution in [0, 0.1) is 0 Å². The van der Waals surface area contributed by atoms with Crippen LogP contribution < -0.4 is 5.32 Å². The van der Waals surface area contributed by atoms with Crippen molar-refractivity contribution in [3.05, 3.63) is 34.9 Å². The van der Waals surface area contributed by atoms with Crippen LogP contribution in [0.5, 0.6) is 0 Å². The van der Waals surface area contributed by atoms with E-state index < -0.39 is 5.54 Å². The van der Waals surface area contributed by atoms with Gasteiger partial charge in [-0.05, 0) is 31.0 Å². The fourth-order valence-corrected chi connectivity index (χ4v) is 2.25. The predicted molar refractivity (Wildman–Crippen MR) is 79.9 cm³/mol. The molecule has 0 aliphatic heterocycles. The van der Waals surface area contributed by atoms with Crippen LogP contribution in [0.1, 0.15) is 25.8 Å². The Morgan fingerprint density at radius 2 is 1.95 bits per heavy atom. The van der Waals surface area contributed by atoms with Crippen molar-refractivity contribution >= 4 is 17.6 Å². The van der Waals surface area contributed by atoms with E-state index in [0.29, 0.717) is 31.2 Å². The first kappa shape index (κ1) is 17.0. The smallest absolute Gasteiger partial charge is 0.330 e. The number of ether oxygens (including phenoxy) is 2. The molecule has 1 aromatic carbocycles. The summed E-state index contributed by atoms with van der Waals surface area (Å²) in [7, 11) is 1.63. The lowest BCUT2D eigenvalue weighted by molar-refractivity contribution is -0.152. The molecule has 1 rings (SSSR count). The molecule has 1 aromatic rings. The van der Waals surface area contributed by atoms with Gasteiger partial charge in [0.2, 0.25) is 0 Å². The van der Waals surface area contributed by atoms with E-state index in [1.54, 1.807) is 26.2 Å². The minimum Gasteiger partial charge on any atom is -0.464 e. The van der Waals surface area contributed by atoms with Crippen molar-refractivity contribution < 1.29 is 14.3 Å². The van der Waals surface area contributed by atoms with E-state index in [0.717, 1.165) is 5.56 Å². The van der Waals surface area contributed by atoms with Crippen LogP contribution in [0.2, 0.25) is 5.02 Å². The van der Waals surface area contributed by atoms with Gasteiger partial charge in [0.25, 0.3) is 0 Å². The second-order valence-electron chi connectivity index (χ2n) is 4.41. The van der Waals surface area contributed by atoms with E-state index in [-0.39, 0.29) is 5.97 Å². The standard InChI is InChI=1S/C15H22ClNO3/c1-4-15(14(18)20-5-2,17-10-11-19-3)12-6-8-13(16)9-7-12/h6-9,17H,4-5,10-11H2,1-3H3. The summed E-state index contributed by atoms with van der Waals surface area (Å²) in [6, 6.07) is 7.25. The number of esters is 1. The lowest BCUT2D eigenvalue weighted by Gasteiger charge is -2.32. The molecule has 0 aliphatic rings. The molecule has 0 radical (unpaired) electrons. The number of benzene rings is 1. The molecule has 0 aromatic heterocycles. The number of hydrogen-bond donors (Lipinski definition) is 1. The van der Waals surface area contributed by atoms with Gasteiger partial charge in [-0.25, -0.2) is 4.79 Å². The van der Waals surface area contributed by atoms with Crippen molar-refractivity contribution in [2.24, 2.45) is 0 Å². The van der Waals surface area contributed by atoms with Crippen molar-refractivity contribution in [1.82, 2.24) is 5.32 Å². The minimum atomic E-state index is -0.862. The maximum absolute atomic E-state index is 12.4. The minimum absolute atomic E-state index is 0.277. The van der Waals surface area contributed by atoms with E-state index in [1.165, 1.54) is 0 Å². The number of methoxy groups -OCH3 is 1. The zero-order chi connectivity index (χ0) is 15.0. The quantitative estimate of drug-likeness (QED) is 0.592. The van der Waals surface area contributed by atoms with Gasteiger partial charge in [-0.1, -0.05) is 30.7 Å².